The van der Waals surface area contributed by atoms with Crippen molar-refractivity contribution in [2.75, 3.05) is 13.1 Å². The maximum absolute atomic E-state index is 6.12. The average molecular weight is 305 g/mol. The number of ether oxygens (including phenoxy) is 1. The average Bonchev–Trinajstić information content (AvgIpc) is 2.53. The van der Waals surface area contributed by atoms with Gasteiger partial charge in [0.2, 0.25) is 0 Å². The van der Waals surface area contributed by atoms with Crippen LogP contribution in [0.3, 0.4) is 0 Å². The molecule has 0 fully saturated rings. The summed E-state index contributed by atoms with van der Waals surface area (Å²) in [4.78, 5) is 4.02. The van der Waals surface area contributed by atoms with Crippen LogP contribution in [-0.2, 0) is 6.42 Å². The molecule has 0 aliphatic heterocycles. The first-order chi connectivity index (χ1) is 10.3. The minimum Gasteiger partial charge on any atom is -0.488 e. The van der Waals surface area contributed by atoms with Crippen molar-refractivity contribution in [2.45, 2.75) is 25.9 Å². The molecule has 2 aromatic rings. The third-order valence-corrected chi connectivity index (χ3v) is 3.61. The van der Waals surface area contributed by atoms with Crippen molar-refractivity contribution in [2.24, 2.45) is 0 Å². The second-order valence-corrected chi connectivity index (χ2v) is 5.30. The molecule has 0 radical (unpaired) electrons. The molecule has 0 saturated carbocycles. The van der Waals surface area contributed by atoms with E-state index in [0.717, 1.165) is 31.7 Å². The van der Waals surface area contributed by atoms with E-state index in [0.29, 0.717) is 5.02 Å². The molecule has 1 atom stereocenters. The zero-order valence-electron chi connectivity index (χ0n) is 12.3. The van der Waals surface area contributed by atoms with Crippen LogP contribution in [0.2, 0.25) is 5.02 Å². The maximum atomic E-state index is 6.12. The molecule has 2 rings (SSSR count). The van der Waals surface area contributed by atoms with Crippen LogP contribution >= 0.6 is 11.6 Å². The van der Waals surface area contributed by atoms with E-state index >= 15 is 0 Å². The highest BCUT2D eigenvalue weighted by Gasteiger charge is 2.09. The Labute approximate surface area is 131 Å². The molecule has 0 aliphatic carbocycles. The number of nitrogens with one attached hydrogen (secondary N) is 1. The van der Waals surface area contributed by atoms with Crippen LogP contribution in [0.25, 0.3) is 0 Å². The van der Waals surface area contributed by atoms with E-state index < -0.39 is 0 Å². The molecule has 1 heterocycles. The standard InChI is InChI=1S/C17H21ClN2O/c1-2-15(21-17-6-4-3-5-16(17)18)13-20-12-9-14-7-10-19-11-8-14/h3-8,10-11,15,20H,2,9,12-13H2,1H3. The molecule has 0 spiro atoms. The van der Waals surface area contributed by atoms with Crippen LogP contribution in [0.4, 0.5) is 0 Å². The fourth-order valence-corrected chi connectivity index (χ4v) is 2.21. The number of halogens is 1. The highest BCUT2D eigenvalue weighted by molar-refractivity contribution is 6.32. The van der Waals surface area contributed by atoms with Crippen molar-refractivity contribution in [1.29, 1.82) is 0 Å². The summed E-state index contributed by atoms with van der Waals surface area (Å²) < 4.78 is 5.94. The summed E-state index contributed by atoms with van der Waals surface area (Å²) in [6, 6.07) is 11.7. The number of para-hydroxylation sites is 1. The fraction of sp³-hybridized carbons (Fsp3) is 0.353. The molecule has 112 valence electrons. The summed E-state index contributed by atoms with van der Waals surface area (Å²) in [5, 5.41) is 4.10. The van der Waals surface area contributed by atoms with Crippen molar-refractivity contribution in [3.63, 3.8) is 0 Å². The Morgan fingerprint density at radius 3 is 2.67 bits per heavy atom. The monoisotopic (exact) mass is 304 g/mol. The van der Waals surface area contributed by atoms with Gasteiger partial charge in [0.05, 0.1) is 5.02 Å². The minimum absolute atomic E-state index is 0.127. The first kappa shape index (κ1) is 15.8. The smallest absolute Gasteiger partial charge is 0.138 e. The SMILES string of the molecule is CCC(CNCCc1ccncc1)Oc1ccccc1Cl. The van der Waals surface area contributed by atoms with Crippen LogP contribution in [-0.4, -0.2) is 24.2 Å². The van der Waals surface area contributed by atoms with Crippen LogP contribution < -0.4 is 10.1 Å². The second-order valence-electron chi connectivity index (χ2n) is 4.89. The molecule has 4 heteroatoms. The van der Waals surface area contributed by atoms with E-state index in [-0.39, 0.29) is 6.10 Å². The lowest BCUT2D eigenvalue weighted by molar-refractivity contribution is 0.194. The summed E-state index contributed by atoms with van der Waals surface area (Å²) in [6.45, 7) is 3.85. The van der Waals surface area contributed by atoms with E-state index in [1.807, 2.05) is 48.8 Å². The molecule has 0 amide bonds. The Kier molecular flexibility index (Phi) is 6.51. The summed E-state index contributed by atoms with van der Waals surface area (Å²) in [6.07, 6.45) is 5.70. The number of hydrogen-bond acceptors (Lipinski definition) is 3. The zero-order chi connectivity index (χ0) is 14.9. The number of hydrogen-bond donors (Lipinski definition) is 1. The van der Waals surface area contributed by atoms with Gasteiger partial charge in [-0.2, -0.15) is 0 Å². The largest absolute Gasteiger partial charge is 0.488 e. The Bertz CT molecular complexity index is 533. The third-order valence-electron chi connectivity index (χ3n) is 3.30. The molecule has 1 aromatic carbocycles. The molecular weight excluding hydrogens is 284 g/mol. The molecule has 1 aromatic heterocycles. The molecule has 21 heavy (non-hydrogen) atoms. The fourth-order valence-electron chi connectivity index (χ4n) is 2.03. The van der Waals surface area contributed by atoms with Crippen molar-refractivity contribution < 1.29 is 4.74 Å². The molecule has 0 saturated heterocycles. The summed E-state index contributed by atoms with van der Waals surface area (Å²) >= 11 is 6.12. The summed E-state index contributed by atoms with van der Waals surface area (Å²) in [5.74, 6) is 0.752. The van der Waals surface area contributed by atoms with E-state index in [1.165, 1.54) is 5.56 Å². The highest BCUT2D eigenvalue weighted by Crippen LogP contribution is 2.24. The predicted molar refractivity (Wildman–Crippen MR) is 87.0 cm³/mol. The molecule has 1 N–H and O–H groups in total. The normalized spacial score (nSPS) is 12.1. The number of benzene rings is 1. The Hall–Kier alpha value is -1.58. The van der Waals surface area contributed by atoms with Crippen LogP contribution in [0.1, 0.15) is 18.9 Å². The van der Waals surface area contributed by atoms with Gasteiger partial charge in [-0.1, -0.05) is 30.7 Å². The third kappa shape index (κ3) is 5.37. The topological polar surface area (TPSA) is 34.2 Å². The van der Waals surface area contributed by atoms with E-state index in [1.54, 1.807) is 0 Å². The first-order valence-electron chi connectivity index (χ1n) is 7.30. The minimum atomic E-state index is 0.127. The summed E-state index contributed by atoms with van der Waals surface area (Å²) in [5.41, 5.74) is 1.29. The van der Waals surface area contributed by atoms with Gasteiger partial charge >= 0.3 is 0 Å². The van der Waals surface area contributed by atoms with Gasteiger partial charge in [0.15, 0.2) is 0 Å². The zero-order valence-corrected chi connectivity index (χ0v) is 13.0. The highest BCUT2D eigenvalue weighted by atomic mass is 35.5. The van der Waals surface area contributed by atoms with Crippen LogP contribution in [0.5, 0.6) is 5.75 Å². The molecule has 3 nitrogen and oxygen atoms in total. The Balaban J connectivity index is 1.74. The van der Waals surface area contributed by atoms with Gasteiger partial charge in [0.1, 0.15) is 11.9 Å². The molecule has 0 bridgehead atoms. The van der Waals surface area contributed by atoms with Gasteiger partial charge < -0.3 is 10.1 Å². The quantitative estimate of drug-likeness (QED) is 0.755. The maximum Gasteiger partial charge on any atom is 0.138 e. The van der Waals surface area contributed by atoms with E-state index in [4.69, 9.17) is 16.3 Å². The van der Waals surface area contributed by atoms with E-state index in [2.05, 4.69) is 17.2 Å². The number of pyridine rings is 1. The van der Waals surface area contributed by atoms with Gasteiger partial charge in [-0.25, -0.2) is 0 Å². The number of nitrogens with zero attached hydrogens (tertiary/aromatic N) is 1. The lowest BCUT2D eigenvalue weighted by atomic mass is 10.2. The lowest BCUT2D eigenvalue weighted by Crippen LogP contribution is -2.32. The van der Waals surface area contributed by atoms with Gasteiger partial charge in [0, 0.05) is 18.9 Å². The predicted octanol–water partition coefficient (Wildman–Crippen LogP) is 3.72. The van der Waals surface area contributed by atoms with Crippen molar-refractivity contribution in [3.05, 3.63) is 59.4 Å². The van der Waals surface area contributed by atoms with Crippen LogP contribution in [0, 0.1) is 0 Å². The molecule has 1 unspecified atom stereocenters. The second kappa shape index (κ2) is 8.65. The number of aromatic nitrogens is 1. The van der Waals surface area contributed by atoms with Gasteiger partial charge in [-0.05, 0) is 49.2 Å². The van der Waals surface area contributed by atoms with Gasteiger partial charge in [-0.15, -0.1) is 0 Å². The van der Waals surface area contributed by atoms with Gasteiger partial charge in [0.25, 0.3) is 0 Å². The van der Waals surface area contributed by atoms with Crippen LogP contribution in [0.15, 0.2) is 48.8 Å². The summed E-state index contributed by atoms with van der Waals surface area (Å²) in [7, 11) is 0. The Morgan fingerprint density at radius 1 is 1.19 bits per heavy atom. The molecular formula is C17H21ClN2O. The van der Waals surface area contributed by atoms with Crippen molar-refractivity contribution in [3.8, 4) is 5.75 Å². The lowest BCUT2D eigenvalue weighted by Gasteiger charge is -2.19. The number of rotatable bonds is 8. The Morgan fingerprint density at radius 2 is 1.95 bits per heavy atom. The van der Waals surface area contributed by atoms with Gasteiger partial charge in [-0.3, -0.25) is 4.98 Å². The van der Waals surface area contributed by atoms with Crippen molar-refractivity contribution >= 4 is 11.6 Å². The first-order valence-corrected chi connectivity index (χ1v) is 7.68. The van der Waals surface area contributed by atoms with E-state index in [9.17, 15) is 0 Å². The molecule has 0 aliphatic rings. The van der Waals surface area contributed by atoms with Crippen molar-refractivity contribution in [1.82, 2.24) is 10.3 Å².